The molecule has 0 spiro atoms. The molecule has 0 aromatic rings. The van der Waals surface area contributed by atoms with Crippen molar-refractivity contribution in [3.63, 3.8) is 0 Å². The topological polar surface area (TPSA) is 60.0 Å². The zero-order valence-corrected chi connectivity index (χ0v) is 14.0. The zero-order chi connectivity index (χ0) is 15.9. The zero-order valence-electron chi connectivity index (χ0n) is 14.0. The number of piperidine rings is 1. The molecule has 0 aromatic heterocycles. The van der Waals surface area contributed by atoms with E-state index in [2.05, 4.69) is 12.4 Å². The third-order valence-corrected chi connectivity index (χ3v) is 3.48. The van der Waals surface area contributed by atoms with E-state index in [1.54, 1.807) is 12.0 Å². The van der Waals surface area contributed by atoms with Gasteiger partial charge >= 0.3 is 6.09 Å². The van der Waals surface area contributed by atoms with Crippen LogP contribution in [0.3, 0.4) is 0 Å². The Kier molecular flexibility index (Phi) is 7.42. The molecular weight excluding hydrogens is 272 g/mol. The second-order valence-electron chi connectivity index (χ2n) is 6.58. The van der Waals surface area contributed by atoms with Gasteiger partial charge in [0.1, 0.15) is 5.60 Å². The molecule has 1 aliphatic heterocycles. The summed E-state index contributed by atoms with van der Waals surface area (Å²) in [5.41, 5.74) is 2.59. The van der Waals surface area contributed by atoms with E-state index >= 15 is 0 Å². The maximum atomic E-state index is 12.1. The van der Waals surface area contributed by atoms with Crippen LogP contribution in [0.4, 0.5) is 4.79 Å². The van der Waals surface area contributed by atoms with Crippen molar-refractivity contribution in [2.45, 2.75) is 52.2 Å². The fourth-order valence-electron chi connectivity index (χ4n) is 2.32. The number of carbonyl (C=O) groups excluding carboxylic acids is 1. The lowest BCUT2D eigenvalue weighted by Gasteiger charge is -2.36. The van der Waals surface area contributed by atoms with Crippen molar-refractivity contribution in [2.24, 2.45) is 5.92 Å². The summed E-state index contributed by atoms with van der Waals surface area (Å²) in [6, 6.07) is 0.187. The average Bonchev–Trinajstić information content (AvgIpc) is 2.41. The van der Waals surface area contributed by atoms with Gasteiger partial charge < -0.3 is 14.4 Å². The molecule has 0 aliphatic carbocycles. The molecule has 1 rings (SSSR count). The number of carbonyl (C=O) groups is 1. The van der Waals surface area contributed by atoms with Crippen LogP contribution < -0.4 is 5.48 Å². The minimum absolute atomic E-state index is 0.187. The maximum absolute atomic E-state index is 12.1. The number of nitrogens with zero attached hydrogens (tertiary/aromatic N) is 1. The first-order valence-electron chi connectivity index (χ1n) is 7.67. The fourth-order valence-corrected chi connectivity index (χ4v) is 2.32. The van der Waals surface area contributed by atoms with Gasteiger partial charge in [-0.2, -0.15) is 5.48 Å². The molecule has 2 unspecified atom stereocenters. The lowest BCUT2D eigenvalue weighted by molar-refractivity contribution is -0.0296. The van der Waals surface area contributed by atoms with E-state index in [1.165, 1.54) is 0 Å². The van der Waals surface area contributed by atoms with Crippen LogP contribution in [0.2, 0.25) is 0 Å². The van der Waals surface area contributed by atoms with E-state index < -0.39 is 5.60 Å². The summed E-state index contributed by atoms with van der Waals surface area (Å²) in [5, 5.41) is 0. The molecule has 124 valence electrons. The van der Waals surface area contributed by atoms with Crippen LogP contribution >= 0.6 is 0 Å². The minimum Gasteiger partial charge on any atom is -0.444 e. The van der Waals surface area contributed by atoms with Crippen LogP contribution in [0.1, 0.15) is 40.5 Å². The standard InChI is InChI=1S/C15H30N2O4/c1-12(16-20-10-9-19-5)13-7-6-8-17(11-13)14(18)21-15(2,3)4/h12-13,16H,6-11H2,1-5H3. The van der Waals surface area contributed by atoms with Gasteiger partial charge in [0.05, 0.1) is 13.2 Å². The lowest BCUT2D eigenvalue weighted by atomic mass is 9.92. The predicted octanol–water partition coefficient (Wildman–Crippen LogP) is 2.19. The molecule has 1 amide bonds. The molecule has 1 saturated heterocycles. The number of methoxy groups -OCH3 is 1. The van der Waals surface area contributed by atoms with Gasteiger partial charge in [0, 0.05) is 26.2 Å². The van der Waals surface area contributed by atoms with E-state index in [-0.39, 0.29) is 12.1 Å². The van der Waals surface area contributed by atoms with Gasteiger partial charge in [-0.25, -0.2) is 4.79 Å². The van der Waals surface area contributed by atoms with Crippen LogP contribution in [-0.4, -0.2) is 56.0 Å². The number of amides is 1. The van der Waals surface area contributed by atoms with Crippen molar-refractivity contribution < 1.29 is 19.1 Å². The Bertz CT molecular complexity index is 317. The van der Waals surface area contributed by atoms with Crippen molar-refractivity contribution in [3.05, 3.63) is 0 Å². The van der Waals surface area contributed by atoms with Crippen LogP contribution in [0.25, 0.3) is 0 Å². The van der Waals surface area contributed by atoms with Crippen molar-refractivity contribution in [1.29, 1.82) is 0 Å². The van der Waals surface area contributed by atoms with E-state index in [4.69, 9.17) is 14.3 Å². The van der Waals surface area contributed by atoms with Crippen molar-refractivity contribution in [1.82, 2.24) is 10.4 Å². The quantitative estimate of drug-likeness (QED) is 0.602. The van der Waals surface area contributed by atoms with Gasteiger partial charge in [-0.05, 0) is 46.5 Å². The van der Waals surface area contributed by atoms with Crippen molar-refractivity contribution >= 4 is 6.09 Å². The molecule has 21 heavy (non-hydrogen) atoms. The Hall–Kier alpha value is -0.850. The van der Waals surface area contributed by atoms with Crippen LogP contribution in [0.15, 0.2) is 0 Å². The van der Waals surface area contributed by atoms with E-state index in [0.717, 1.165) is 19.4 Å². The molecule has 1 fully saturated rings. The first-order chi connectivity index (χ1) is 9.83. The van der Waals surface area contributed by atoms with E-state index in [0.29, 0.717) is 25.7 Å². The van der Waals surface area contributed by atoms with Crippen molar-refractivity contribution in [2.75, 3.05) is 33.4 Å². The molecule has 6 heteroatoms. The summed E-state index contributed by atoms with van der Waals surface area (Å²) in [5.74, 6) is 0.369. The molecule has 0 radical (unpaired) electrons. The van der Waals surface area contributed by atoms with Gasteiger partial charge in [-0.3, -0.25) is 4.84 Å². The third kappa shape index (κ3) is 7.11. The van der Waals surface area contributed by atoms with E-state index in [9.17, 15) is 4.79 Å². The molecule has 6 nitrogen and oxygen atoms in total. The summed E-state index contributed by atoms with van der Waals surface area (Å²) in [6.45, 7) is 10.3. The Morgan fingerprint density at radius 2 is 2.10 bits per heavy atom. The highest BCUT2D eigenvalue weighted by Gasteiger charge is 2.30. The number of ether oxygens (including phenoxy) is 2. The number of hydrogen-bond acceptors (Lipinski definition) is 5. The lowest BCUT2D eigenvalue weighted by Crippen LogP contribution is -2.48. The van der Waals surface area contributed by atoms with Crippen LogP contribution in [-0.2, 0) is 14.3 Å². The molecule has 0 aromatic carbocycles. The highest BCUT2D eigenvalue weighted by molar-refractivity contribution is 5.68. The SMILES string of the molecule is COCCONC(C)C1CCCN(C(=O)OC(C)(C)C)C1. The Morgan fingerprint density at radius 1 is 1.38 bits per heavy atom. The molecule has 1 heterocycles. The second-order valence-corrected chi connectivity index (χ2v) is 6.58. The fraction of sp³-hybridized carbons (Fsp3) is 0.933. The molecular formula is C15H30N2O4. The first-order valence-corrected chi connectivity index (χ1v) is 7.67. The number of rotatable bonds is 6. The smallest absolute Gasteiger partial charge is 0.410 e. The highest BCUT2D eigenvalue weighted by Crippen LogP contribution is 2.21. The maximum Gasteiger partial charge on any atom is 0.410 e. The second kappa shape index (κ2) is 8.56. The highest BCUT2D eigenvalue weighted by atomic mass is 16.7. The minimum atomic E-state index is -0.447. The molecule has 1 aliphatic rings. The van der Waals surface area contributed by atoms with Gasteiger partial charge in [-0.1, -0.05) is 0 Å². The molecule has 2 atom stereocenters. The van der Waals surface area contributed by atoms with Crippen LogP contribution in [0, 0.1) is 5.92 Å². The van der Waals surface area contributed by atoms with Gasteiger partial charge in [0.2, 0.25) is 0 Å². The largest absolute Gasteiger partial charge is 0.444 e. The summed E-state index contributed by atoms with van der Waals surface area (Å²) in [6.07, 6.45) is 1.86. The van der Waals surface area contributed by atoms with Gasteiger partial charge in [-0.15, -0.1) is 0 Å². The normalized spacial score (nSPS) is 21.2. The molecule has 0 saturated carbocycles. The molecule has 0 bridgehead atoms. The Labute approximate surface area is 128 Å². The number of hydroxylamine groups is 1. The van der Waals surface area contributed by atoms with Crippen LogP contribution in [0.5, 0.6) is 0 Å². The van der Waals surface area contributed by atoms with Gasteiger partial charge in [0.15, 0.2) is 0 Å². The number of nitrogens with one attached hydrogen (secondary N) is 1. The summed E-state index contributed by atoms with van der Waals surface area (Å²) in [7, 11) is 1.65. The third-order valence-electron chi connectivity index (χ3n) is 3.48. The van der Waals surface area contributed by atoms with Gasteiger partial charge in [0.25, 0.3) is 0 Å². The Morgan fingerprint density at radius 3 is 2.71 bits per heavy atom. The number of hydrogen-bond donors (Lipinski definition) is 1. The van der Waals surface area contributed by atoms with Crippen molar-refractivity contribution in [3.8, 4) is 0 Å². The number of likely N-dealkylation sites (tertiary alicyclic amines) is 1. The molecule has 1 N–H and O–H groups in total. The monoisotopic (exact) mass is 302 g/mol. The predicted molar refractivity (Wildman–Crippen MR) is 81.0 cm³/mol. The Balaban J connectivity index is 2.38. The summed E-state index contributed by atoms with van der Waals surface area (Å²) in [4.78, 5) is 19.3. The van der Waals surface area contributed by atoms with E-state index in [1.807, 2.05) is 20.8 Å². The first kappa shape index (κ1) is 18.2. The summed E-state index contributed by atoms with van der Waals surface area (Å²) >= 11 is 0. The average molecular weight is 302 g/mol. The summed E-state index contributed by atoms with van der Waals surface area (Å²) < 4.78 is 10.4.